The Labute approximate surface area is 207 Å². The molecular weight excluding hydrogens is 484 g/mol. The number of rotatable bonds is 19. The highest BCUT2D eigenvalue weighted by Crippen LogP contribution is 2.10. The van der Waals surface area contributed by atoms with Gasteiger partial charge in [-0.1, -0.05) is 6.92 Å². The molecule has 0 saturated carbocycles. The molecule has 9 N–H and O–H groups in total. The van der Waals surface area contributed by atoms with E-state index in [2.05, 4.69) is 16.0 Å². The number of hydrogen-bond donors (Lipinski definition) is 8. The second kappa shape index (κ2) is 17.3. The number of carbonyl (C=O) groups is 6. The standard InChI is InChI=1S/C21H36N4O11/c1-3-12(21(35)25-13(20(22)34)4-5-17(31)32)8-23-16(30)6-7-36-19(18(33)15(29)10-27)14(9-26)24-11(2)28/h9,12-15,18-19,27,29,33H,3-8,10H2,1-2H3,(H2,22,34)(H,23,30)(H,24,28)(H,25,35)(H,31,32)/t12?,13?,14-,15+,18+,19+/m0/s1. The smallest absolute Gasteiger partial charge is 0.303 e. The van der Waals surface area contributed by atoms with E-state index in [1.807, 2.05) is 0 Å². The van der Waals surface area contributed by atoms with Crippen LogP contribution in [0.25, 0.3) is 0 Å². The number of amides is 4. The van der Waals surface area contributed by atoms with Crippen molar-refractivity contribution in [2.24, 2.45) is 11.7 Å². The molecule has 0 aromatic rings. The van der Waals surface area contributed by atoms with Crippen LogP contribution in [0, 0.1) is 5.92 Å². The second-order valence-corrected chi connectivity index (χ2v) is 7.99. The highest BCUT2D eigenvalue weighted by Gasteiger charge is 2.34. The van der Waals surface area contributed by atoms with Crippen LogP contribution in [0.5, 0.6) is 0 Å². The zero-order valence-corrected chi connectivity index (χ0v) is 20.2. The van der Waals surface area contributed by atoms with Crippen LogP contribution in [0.2, 0.25) is 0 Å². The van der Waals surface area contributed by atoms with Gasteiger partial charge in [0.05, 0.1) is 19.1 Å². The number of ether oxygens (including phenoxy) is 1. The number of nitrogens with two attached hydrogens (primary N) is 1. The maximum absolute atomic E-state index is 12.4. The molecule has 0 fully saturated rings. The largest absolute Gasteiger partial charge is 0.481 e. The fourth-order valence-corrected chi connectivity index (χ4v) is 3.05. The molecule has 0 aliphatic carbocycles. The number of carboxylic acid groups (broad SMARTS) is 1. The molecule has 206 valence electrons. The third-order valence-electron chi connectivity index (χ3n) is 5.14. The number of primary amides is 1. The minimum absolute atomic E-state index is 0.121. The molecule has 4 amide bonds. The normalized spacial score (nSPS) is 15.9. The van der Waals surface area contributed by atoms with Crippen LogP contribution in [0.4, 0.5) is 0 Å². The molecule has 15 heteroatoms. The molecule has 0 radical (unpaired) electrons. The van der Waals surface area contributed by atoms with Crippen molar-refractivity contribution in [2.75, 3.05) is 19.8 Å². The van der Waals surface area contributed by atoms with Gasteiger partial charge in [-0.15, -0.1) is 0 Å². The number of nitrogens with one attached hydrogen (secondary N) is 3. The fourth-order valence-electron chi connectivity index (χ4n) is 3.05. The van der Waals surface area contributed by atoms with E-state index in [0.717, 1.165) is 6.92 Å². The number of aliphatic hydroxyl groups excluding tert-OH is 3. The number of aldehydes is 1. The molecule has 0 aromatic heterocycles. The molecule has 0 aromatic carbocycles. The minimum Gasteiger partial charge on any atom is -0.481 e. The van der Waals surface area contributed by atoms with E-state index in [-0.39, 0.29) is 45.1 Å². The van der Waals surface area contributed by atoms with Gasteiger partial charge in [0.1, 0.15) is 36.7 Å². The van der Waals surface area contributed by atoms with Crippen molar-refractivity contribution in [3.05, 3.63) is 0 Å². The third kappa shape index (κ3) is 12.5. The first-order valence-electron chi connectivity index (χ1n) is 11.3. The summed E-state index contributed by atoms with van der Waals surface area (Å²) in [7, 11) is 0. The number of carbonyl (C=O) groups excluding carboxylic acids is 5. The molecule has 0 spiro atoms. The van der Waals surface area contributed by atoms with Crippen molar-refractivity contribution in [2.45, 2.75) is 69.9 Å². The number of aliphatic carboxylic acids is 1. The maximum atomic E-state index is 12.4. The maximum Gasteiger partial charge on any atom is 0.303 e. The van der Waals surface area contributed by atoms with E-state index in [1.165, 1.54) is 0 Å². The van der Waals surface area contributed by atoms with Gasteiger partial charge in [0.2, 0.25) is 23.6 Å². The van der Waals surface area contributed by atoms with Crippen molar-refractivity contribution in [1.29, 1.82) is 0 Å². The van der Waals surface area contributed by atoms with Gasteiger partial charge in [-0.3, -0.25) is 24.0 Å². The van der Waals surface area contributed by atoms with E-state index >= 15 is 0 Å². The van der Waals surface area contributed by atoms with E-state index < -0.39 is 72.5 Å². The van der Waals surface area contributed by atoms with Gasteiger partial charge in [-0.25, -0.2) is 0 Å². The Balaban J connectivity index is 4.91. The first-order valence-corrected chi connectivity index (χ1v) is 11.3. The highest BCUT2D eigenvalue weighted by molar-refractivity contribution is 5.88. The van der Waals surface area contributed by atoms with E-state index in [4.69, 9.17) is 20.7 Å². The lowest BCUT2D eigenvalue weighted by molar-refractivity contribution is -0.139. The molecule has 15 nitrogen and oxygen atoms in total. The van der Waals surface area contributed by atoms with Crippen molar-refractivity contribution in [3.63, 3.8) is 0 Å². The Morgan fingerprint density at radius 1 is 1.08 bits per heavy atom. The van der Waals surface area contributed by atoms with Crippen LogP contribution >= 0.6 is 0 Å². The first kappa shape index (κ1) is 32.9. The van der Waals surface area contributed by atoms with Crippen molar-refractivity contribution >= 4 is 35.9 Å². The minimum atomic E-state index is -1.76. The Hall–Kier alpha value is -3.14. The van der Waals surface area contributed by atoms with Crippen LogP contribution in [0.15, 0.2) is 0 Å². The molecule has 0 aliphatic heterocycles. The monoisotopic (exact) mass is 520 g/mol. The van der Waals surface area contributed by atoms with Crippen molar-refractivity contribution < 1.29 is 53.9 Å². The average molecular weight is 521 g/mol. The Bertz CT molecular complexity index is 764. The summed E-state index contributed by atoms with van der Waals surface area (Å²) in [6.45, 7) is 1.46. The van der Waals surface area contributed by atoms with E-state index in [9.17, 15) is 39.0 Å². The van der Waals surface area contributed by atoms with Gasteiger partial charge in [-0.2, -0.15) is 0 Å². The fraction of sp³-hybridized carbons (Fsp3) is 0.714. The van der Waals surface area contributed by atoms with Gasteiger partial charge >= 0.3 is 5.97 Å². The van der Waals surface area contributed by atoms with Crippen LogP contribution in [0.1, 0.15) is 39.5 Å². The van der Waals surface area contributed by atoms with E-state index in [1.54, 1.807) is 6.92 Å². The van der Waals surface area contributed by atoms with E-state index in [0.29, 0.717) is 0 Å². The van der Waals surface area contributed by atoms with Crippen LogP contribution < -0.4 is 21.7 Å². The van der Waals surface area contributed by atoms with Crippen LogP contribution in [0.3, 0.4) is 0 Å². The lowest BCUT2D eigenvalue weighted by Gasteiger charge is -2.30. The number of hydrogen-bond acceptors (Lipinski definition) is 10. The third-order valence-corrected chi connectivity index (χ3v) is 5.14. The molecule has 2 unspecified atom stereocenters. The molecule has 6 atom stereocenters. The summed E-state index contributed by atoms with van der Waals surface area (Å²) in [5, 5.41) is 44.7. The SMILES string of the molecule is CCC(CNC(=O)CCO[C@@H]([C@H](O)[C@H](O)CO)[C@H](C=O)NC(C)=O)C(=O)NC(CCC(=O)O)C(N)=O. The summed E-state index contributed by atoms with van der Waals surface area (Å²) in [5.74, 6) is -4.60. The van der Waals surface area contributed by atoms with Crippen LogP contribution in [-0.2, 0) is 33.5 Å². The molecule has 0 aliphatic rings. The summed E-state index contributed by atoms with van der Waals surface area (Å²) in [4.78, 5) is 69.4. The van der Waals surface area contributed by atoms with Gasteiger partial charge in [-0.05, 0) is 12.8 Å². The molecule has 0 bridgehead atoms. The zero-order chi connectivity index (χ0) is 27.8. The molecular formula is C21H36N4O11. The predicted molar refractivity (Wildman–Crippen MR) is 122 cm³/mol. The highest BCUT2D eigenvalue weighted by atomic mass is 16.5. The lowest BCUT2D eigenvalue weighted by atomic mass is 10.0. The summed E-state index contributed by atoms with van der Waals surface area (Å²) in [6, 6.07) is -2.55. The average Bonchev–Trinajstić information content (AvgIpc) is 2.81. The first-order chi connectivity index (χ1) is 16.9. The second-order valence-electron chi connectivity index (χ2n) is 7.99. The molecule has 0 rings (SSSR count). The number of carboxylic acids is 1. The predicted octanol–water partition coefficient (Wildman–Crippen LogP) is -3.84. The molecule has 0 saturated heterocycles. The summed E-state index contributed by atoms with van der Waals surface area (Å²) in [6.07, 6.45) is -5.19. The molecule has 0 heterocycles. The van der Waals surface area contributed by atoms with Crippen molar-refractivity contribution in [3.8, 4) is 0 Å². The molecule has 36 heavy (non-hydrogen) atoms. The van der Waals surface area contributed by atoms with Gasteiger partial charge < -0.3 is 51.6 Å². The van der Waals surface area contributed by atoms with Crippen LogP contribution in [-0.4, -0.2) is 106 Å². The summed E-state index contributed by atoms with van der Waals surface area (Å²) >= 11 is 0. The summed E-state index contributed by atoms with van der Waals surface area (Å²) in [5.41, 5.74) is 5.20. The Morgan fingerprint density at radius 2 is 1.72 bits per heavy atom. The zero-order valence-electron chi connectivity index (χ0n) is 20.2. The Morgan fingerprint density at radius 3 is 2.19 bits per heavy atom. The summed E-state index contributed by atoms with van der Waals surface area (Å²) < 4.78 is 5.35. The lowest BCUT2D eigenvalue weighted by Crippen LogP contribution is -2.54. The topological polar surface area (TPSA) is 255 Å². The number of aliphatic hydroxyl groups is 3. The quantitative estimate of drug-likeness (QED) is 0.0765. The van der Waals surface area contributed by atoms with Gasteiger partial charge in [0, 0.05) is 26.3 Å². The Kier molecular flexibility index (Phi) is 15.8. The van der Waals surface area contributed by atoms with Gasteiger partial charge in [0.25, 0.3) is 0 Å². The van der Waals surface area contributed by atoms with Gasteiger partial charge in [0.15, 0.2) is 0 Å². The van der Waals surface area contributed by atoms with Crippen molar-refractivity contribution in [1.82, 2.24) is 16.0 Å².